The Hall–Kier alpha value is -1.32. The van der Waals surface area contributed by atoms with Crippen molar-refractivity contribution >= 4 is 10.9 Å². The lowest BCUT2D eigenvalue weighted by molar-refractivity contribution is 0.206. The van der Waals surface area contributed by atoms with Crippen LogP contribution in [0.2, 0.25) is 0 Å². The van der Waals surface area contributed by atoms with E-state index in [-0.39, 0.29) is 11.6 Å². The summed E-state index contributed by atoms with van der Waals surface area (Å²) in [5, 5.41) is 1.25. The zero-order valence-corrected chi connectivity index (χ0v) is 11.0. The van der Waals surface area contributed by atoms with Crippen LogP contribution in [0.5, 0.6) is 0 Å². The summed E-state index contributed by atoms with van der Waals surface area (Å²) < 4.78 is 0. The maximum atomic E-state index is 6.31. The van der Waals surface area contributed by atoms with E-state index in [1.807, 2.05) is 6.07 Å². The Bertz CT molecular complexity index is 505. The van der Waals surface area contributed by atoms with Crippen molar-refractivity contribution in [3.05, 3.63) is 36.0 Å². The lowest BCUT2D eigenvalue weighted by Gasteiger charge is -2.35. The molecule has 0 amide bonds. The van der Waals surface area contributed by atoms with Crippen LogP contribution in [0.1, 0.15) is 25.5 Å². The standard InChI is InChI=1S/C14H21N3/c1-14(2,15)13(17(3)4)11-9-16-12-8-6-5-7-10(11)12/h5-9,13,16H,15H2,1-4H3. The first kappa shape index (κ1) is 12.1. The van der Waals surface area contributed by atoms with E-state index in [4.69, 9.17) is 5.73 Å². The Balaban J connectivity index is 2.57. The van der Waals surface area contributed by atoms with Crippen molar-refractivity contribution in [3.8, 4) is 0 Å². The molecule has 92 valence electrons. The molecule has 1 heterocycles. The van der Waals surface area contributed by atoms with Gasteiger partial charge >= 0.3 is 0 Å². The van der Waals surface area contributed by atoms with E-state index < -0.39 is 0 Å². The van der Waals surface area contributed by atoms with E-state index in [2.05, 4.69) is 62.2 Å². The summed E-state index contributed by atoms with van der Waals surface area (Å²) in [6.07, 6.45) is 2.07. The molecular weight excluding hydrogens is 210 g/mol. The number of H-pyrrole nitrogens is 1. The largest absolute Gasteiger partial charge is 0.361 e. The van der Waals surface area contributed by atoms with E-state index in [0.29, 0.717) is 0 Å². The van der Waals surface area contributed by atoms with Gasteiger partial charge in [0.1, 0.15) is 0 Å². The number of benzene rings is 1. The molecule has 3 nitrogen and oxygen atoms in total. The molecule has 0 aliphatic heterocycles. The van der Waals surface area contributed by atoms with Gasteiger partial charge in [0.15, 0.2) is 0 Å². The maximum absolute atomic E-state index is 6.31. The molecule has 0 bridgehead atoms. The second kappa shape index (κ2) is 4.17. The number of hydrogen-bond acceptors (Lipinski definition) is 2. The molecule has 0 aliphatic carbocycles. The second-order valence-corrected chi connectivity index (χ2v) is 5.48. The number of fused-ring (bicyclic) bond motifs is 1. The zero-order chi connectivity index (χ0) is 12.6. The van der Waals surface area contributed by atoms with Crippen LogP contribution in [-0.2, 0) is 0 Å². The van der Waals surface area contributed by atoms with E-state index in [1.54, 1.807) is 0 Å². The van der Waals surface area contributed by atoms with Gasteiger partial charge in [0, 0.05) is 22.6 Å². The molecule has 2 aromatic rings. The summed E-state index contributed by atoms with van der Waals surface area (Å²) in [4.78, 5) is 5.49. The van der Waals surface area contributed by atoms with Crippen molar-refractivity contribution in [3.63, 3.8) is 0 Å². The molecule has 1 aromatic carbocycles. The van der Waals surface area contributed by atoms with Gasteiger partial charge in [0.05, 0.1) is 6.04 Å². The number of aromatic amines is 1. The fourth-order valence-corrected chi connectivity index (χ4v) is 2.66. The fourth-order valence-electron chi connectivity index (χ4n) is 2.66. The van der Waals surface area contributed by atoms with Gasteiger partial charge in [0.2, 0.25) is 0 Å². The van der Waals surface area contributed by atoms with Crippen molar-refractivity contribution in [2.75, 3.05) is 14.1 Å². The molecule has 17 heavy (non-hydrogen) atoms. The minimum atomic E-state index is -0.283. The molecule has 0 aliphatic rings. The quantitative estimate of drug-likeness (QED) is 0.852. The number of nitrogens with zero attached hydrogens (tertiary/aromatic N) is 1. The first-order valence-corrected chi connectivity index (χ1v) is 5.92. The highest BCUT2D eigenvalue weighted by atomic mass is 15.1. The zero-order valence-electron chi connectivity index (χ0n) is 11.0. The van der Waals surface area contributed by atoms with Gasteiger partial charge in [-0.1, -0.05) is 18.2 Å². The van der Waals surface area contributed by atoms with Crippen molar-refractivity contribution in [1.29, 1.82) is 0 Å². The van der Waals surface area contributed by atoms with Crippen molar-refractivity contribution in [1.82, 2.24) is 9.88 Å². The summed E-state index contributed by atoms with van der Waals surface area (Å²) in [6, 6.07) is 8.54. The van der Waals surface area contributed by atoms with E-state index in [0.717, 1.165) is 0 Å². The fraction of sp³-hybridized carbons (Fsp3) is 0.429. The van der Waals surface area contributed by atoms with Crippen molar-refractivity contribution in [2.45, 2.75) is 25.4 Å². The maximum Gasteiger partial charge on any atom is 0.0538 e. The molecule has 0 saturated carbocycles. The molecule has 1 aromatic heterocycles. The van der Waals surface area contributed by atoms with Gasteiger partial charge in [-0.05, 0) is 39.6 Å². The second-order valence-electron chi connectivity index (χ2n) is 5.48. The predicted octanol–water partition coefficient (Wildman–Crippen LogP) is 2.51. The SMILES string of the molecule is CN(C)C(c1c[nH]c2ccccc12)C(C)(C)N. The summed E-state index contributed by atoms with van der Waals surface area (Å²) >= 11 is 0. The van der Waals surface area contributed by atoms with Crippen LogP contribution in [-0.4, -0.2) is 29.5 Å². The number of rotatable bonds is 3. The molecule has 0 radical (unpaired) electrons. The minimum absolute atomic E-state index is 0.193. The first-order chi connectivity index (χ1) is 7.91. The van der Waals surface area contributed by atoms with E-state index in [1.165, 1.54) is 16.5 Å². The summed E-state index contributed by atoms with van der Waals surface area (Å²) in [7, 11) is 4.14. The molecule has 0 saturated heterocycles. The van der Waals surface area contributed by atoms with Crippen LogP contribution in [0.4, 0.5) is 0 Å². The van der Waals surface area contributed by atoms with Gasteiger partial charge < -0.3 is 15.6 Å². The third kappa shape index (κ3) is 2.21. The average Bonchev–Trinajstić information content (AvgIpc) is 2.60. The highest BCUT2D eigenvalue weighted by Crippen LogP contribution is 2.33. The highest BCUT2D eigenvalue weighted by Gasteiger charge is 2.30. The number of likely N-dealkylation sites (N-methyl/N-ethyl adjacent to an activating group) is 1. The Kier molecular flexibility index (Phi) is 2.98. The summed E-state index contributed by atoms with van der Waals surface area (Å²) in [5.41, 5.74) is 8.45. The van der Waals surface area contributed by atoms with E-state index in [9.17, 15) is 0 Å². The Morgan fingerprint density at radius 2 is 1.88 bits per heavy atom. The molecule has 0 spiro atoms. The highest BCUT2D eigenvalue weighted by molar-refractivity contribution is 5.83. The van der Waals surface area contributed by atoms with Gasteiger partial charge in [-0.3, -0.25) is 0 Å². The smallest absolute Gasteiger partial charge is 0.0538 e. The molecule has 1 unspecified atom stereocenters. The molecule has 3 N–H and O–H groups in total. The number of nitrogens with two attached hydrogens (primary N) is 1. The van der Waals surface area contributed by atoms with Crippen LogP contribution < -0.4 is 5.73 Å². The van der Waals surface area contributed by atoms with Crippen molar-refractivity contribution in [2.24, 2.45) is 5.73 Å². The number of nitrogens with one attached hydrogen (secondary N) is 1. The van der Waals surface area contributed by atoms with E-state index >= 15 is 0 Å². The average molecular weight is 231 g/mol. The van der Waals surface area contributed by atoms with Crippen LogP contribution >= 0.6 is 0 Å². The number of hydrogen-bond donors (Lipinski definition) is 2. The first-order valence-electron chi connectivity index (χ1n) is 5.92. The van der Waals surface area contributed by atoms with Crippen LogP contribution in [0.15, 0.2) is 30.5 Å². The third-order valence-electron chi connectivity index (χ3n) is 3.14. The molecule has 1 atom stereocenters. The summed E-state index contributed by atoms with van der Waals surface area (Å²) in [5.74, 6) is 0. The molecular formula is C14H21N3. The number of para-hydroxylation sites is 1. The van der Waals surface area contributed by atoms with Gasteiger partial charge in [-0.25, -0.2) is 0 Å². The topological polar surface area (TPSA) is 45.0 Å². The Morgan fingerprint density at radius 3 is 2.47 bits per heavy atom. The minimum Gasteiger partial charge on any atom is -0.361 e. The Labute approximate surface area is 103 Å². The summed E-state index contributed by atoms with van der Waals surface area (Å²) in [6.45, 7) is 4.14. The lowest BCUT2D eigenvalue weighted by Crippen LogP contribution is -2.45. The molecule has 2 rings (SSSR count). The molecule has 0 fully saturated rings. The molecule has 3 heteroatoms. The van der Waals surface area contributed by atoms with Gasteiger partial charge in [-0.2, -0.15) is 0 Å². The third-order valence-corrected chi connectivity index (χ3v) is 3.14. The Morgan fingerprint density at radius 1 is 1.24 bits per heavy atom. The van der Waals surface area contributed by atoms with Crippen LogP contribution in [0.25, 0.3) is 10.9 Å². The van der Waals surface area contributed by atoms with Crippen molar-refractivity contribution < 1.29 is 0 Å². The van der Waals surface area contributed by atoms with Crippen LogP contribution in [0.3, 0.4) is 0 Å². The normalized spacial score (nSPS) is 14.5. The predicted molar refractivity (Wildman–Crippen MR) is 73.0 cm³/mol. The van der Waals surface area contributed by atoms with Gasteiger partial charge in [-0.15, -0.1) is 0 Å². The monoisotopic (exact) mass is 231 g/mol. The van der Waals surface area contributed by atoms with Gasteiger partial charge in [0.25, 0.3) is 0 Å². The number of aromatic nitrogens is 1. The van der Waals surface area contributed by atoms with Crippen LogP contribution in [0, 0.1) is 0 Å². The lowest BCUT2D eigenvalue weighted by atomic mass is 9.88.